The maximum Gasteiger partial charge on any atom is 0.258 e. The third-order valence-electron chi connectivity index (χ3n) is 4.83. The highest BCUT2D eigenvalue weighted by atomic mass is 32.1. The Morgan fingerprint density at radius 1 is 1.10 bits per heavy atom. The van der Waals surface area contributed by atoms with Crippen LogP contribution < -0.4 is 5.56 Å². The number of nitrogens with zero attached hydrogens (tertiary/aromatic N) is 4. The number of fused-ring (bicyclic) bond motifs is 1. The van der Waals surface area contributed by atoms with E-state index in [0.717, 1.165) is 17.9 Å². The zero-order chi connectivity index (χ0) is 20.4. The van der Waals surface area contributed by atoms with Crippen LogP contribution in [0.15, 0.2) is 53.3 Å². The van der Waals surface area contributed by atoms with E-state index < -0.39 is 0 Å². The third-order valence-corrected chi connectivity index (χ3v) is 5.14. The van der Waals surface area contributed by atoms with Gasteiger partial charge in [0, 0.05) is 5.56 Å². The summed E-state index contributed by atoms with van der Waals surface area (Å²) in [5, 5.41) is 3.87. The fourth-order valence-electron chi connectivity index (χ4n) is 3.18. The summed E-state index contributed by atoms with van der Waals surface area (Å²) in [6, 6.07) is 15.5. The van der Waals surface area contributed by atoms with Crippen molar-refractivity contribution in [2.24, 2.45) is 0 Å². The monoisotopic (exact) mass is 406 g/mol. The molecule has 0 spiro atoms. The van der Waals surface area contributed by atoms with E-state index in [1.165, 1.54) is 5.56 Å². The van der Waals surface area contributed by atoms with Gasteiger partial charge in [0.2, 0.25) is 4.77 Å². The molecule has 2 aromatic heterocycles. The molecule has 0 fully saturated rings. The lowest BCUT2D eigenvalue weighted by Gasteiger charge is -2.20. The van der Waals surface area contributed by atoms with Gasteiger partial charge in [-0.05, 0) is 37.8 Å². The smallest absolute Gasteiger partial charge is 0.258 e. The van der Waals surface area contributed by atoms with E-state index in [4.69, 9.17) is 12.2 Å². The highest BCUT2D eigenvalue weighted by Gasteiger charge is 2.11. The van der Waals surface area contributed by atoms with Gasteiger partial charge in [-0.25, -0.2) is 9.67 Å². The number of aromatic nitrogens is 5. The maximum atomic E-state index is 12.3. The Morgan fingerprint density at radius 2 is 1.86 bits per heavy atom. The summed E-state index contributed by atoms with van der Waals surface area (Å²) in [7, 11) is 0. The second kappa shape index (κ2) is 8.10. The van der Waals surface area contributed by atoms with Crippen LogP contribution in [-0.2, 0) is 13.2 Å². The van der Waals surface area contributed by atoms with Crippen LogP contribution in [0.25, 0.3) is 22.3 Å². The molecule has 4 aromatic rings. The van der Waals surface area contributed by atoms with Gasteiger partial charge in [-0.15, -0.1) is 0 Å². The van der Waals surface area contributed by atoms with Gasteiger partial charge in [-0.1, -0.05) is 48.9 Å². The van der Waals surface area contributed by atoms with Gasteiger partial charge >= 0.3 is 0 Å². The van der Waals surface area contributed by atoms with Gasteiger partial charge in [0.05, 0.1) is 24.1 Å². The van der Waals surface area contributed by atoms with Crippen molar-refractivity contribution in [3.8, 4) is 11.4 Å². The normalized spacial score (nSPS) is 11.4. The Hall–Kier alpha value is -3.10. The number of aromatic amines is 2. The van der Waals surface area contributed by atoms with E-state index in [1.807, 2.05) is 47.1 Å². The average Bonchev–Trinajstić information content (AvgIpc) is 3.08. The molecule has 0 saturated heterocycles. The predicted molar refractivity (Wildman–Crippen MR) is 116 cm³/mol. The molecule has 8 heteroatoms. The predicted octanol–water partition coefficient (Wildman–Crippen LogP) is 3.63. The second-order valence-electron chi connectivity index (χ2n) is 6.97. The molecule has 2 aromatic carbocycles. The fourth-order valence-corrected chi connectivity index (χ4v) is 3.37. The van der Waals surface area contributed by atoms with Crippen LogP contribution in [0.5, 0.6) is 0 Å². The number of aryl methyl sites for hydroxylation is 1. The Labute approximate surface area is 173 Å². The summed E-state index contributed by atoms with van der Waals surface area (Å²) >= 11 is 5.43. The number of hydrogen-bond acceptors (Lipinski definition) is 5. The summed E-state index contributed by atoms with van der Waals surface area (Å²) in [5.74, 6) is 1.36. The van der Waals surface area contributed by atoms with Crippen LogP contribution in [0.2, 0.25) is 0 Å². The minimum atomic E-state index is -0.124. The van der Waals surface area contributed by atoms with E-state index in [9.17, 15) is 4.79 Å². The first-order valence-corrected chi connectivity index (χ1v) is 9.88. The minimum Gasteiger partial charge on any atom is -0.309 e. The van der Waals surface area contributed by atoms with Crippen LogP contribution in [0, 0.1) is 11.7 Å². The molecule has 0 bridgehead atoms. The second-order valence-corrected chi connectivity index (χ2v) is 7.33. The maximum absolute atomic E-state index is 12.3. The zero-order valence-corrected chi connectivity index (χ0v) is 17.2. The van der Waals surface area contributed by atoms with Crippen LogP contribution in [0.4, 0.5) is 0 Å². The van der Waals surface area contributed by atoms with Gasteiger partial charge in [-0.2, -0.15) is 4.98 Å². The highest BCUT2D eigenvalue weighted by Crippen LogP contribution is 2.16. The van der Waals surface area contributed by atoms with Crippen molar-refractivity contribution in [3.63, 3.8) is 0 Å². The first-order chi connectivity index (χ1) is 14.0. The topological polar surface area (TPSA) is 82.6 Å². The molecule has 148 valence electrons. The molecule has 0 aliphatic rings. The largest absolute Gasteiger partial charge is 0.309 e. The van der Waals surface area contributed by atoms with Gasteiger partial charge < -0.3 is 4.98 Å². The molecule has 0 unspecified atom stereocenters. The molecular formula is C21H22N6OS. The van der Waals surface area contributed by atoms with Gasteiger partial charge in [0.1, 0.15) is 5.82 Å². The fraction of sp³-hybridized carbons (Fsp3) is 0.238. The molecular weight excluding hydrogens is 384 g/mol. The molecule has 2 heterocycles. The van der Waals surface area contributed by atoms with E-state index in [-0.39, 0.29) is 5.56 Å². The number of rotatable bonds is 6. The lowest BCUT2D eigenvalue weighted by molar-refractivity contribution is 0.203. The van der Waals surface area contributed by atoms with Crippen molar-refractivity contribution in [2.45, 2.75) is 27.1 Å². The Balaban J connectivity index is 1.56. The quantitative estimate of drug-likeness (QED) is 0.478. The number of benzene rings is 2. The molecule has 2 N–H and O–H groups in total. The molecule has 0 aliphatic heterocycles. The van der Waals surface area contributed by atoms with Crippen LogP contribution >= 0.6 is 12.2 Å². The van der Waals surface area contributed by atoms with Gasteiger partial charge in [0.25, 0.3) is 5.56 Å². The molecule has 29 heavy (non-hydrogen) atoms. The summed E-state index contributed by atoms with van der Waals surface area (Å²) in [6.45, 7) is 5.88. The van der Waals surface area contributed by atoms with Crippen molar-refractivity contribution in [2.75, 3.05) is 6.54 Å². The SMILES string of the molecule is CCN(Cc1nc2ccccc2c(=O)[nH]1)Cn1[nH]c(-c2ccc(C)cc2)nc1=S. The standard InChI is InChI=1S/C21H22N6OS/c1-3-26(12-18-22-17-7-5-4-6-16(17)20(28)23-18)13-27-21(29)24-19(25-27)15-10-8-14(2)9-11-15/h4-11H,3,12-13H2,1-2H3,(H,22,23,28)(H,24,25,29). The Kier molecular flexibility index (Phi) is 5.37. The van der Waals surface area contributed by atoms with Crippen LogP contribution in [0.1, 0.15) is 18.3 Å². The van der Waals surface area contributed by atoms with Gasteiger partial charge in [-0.3, -0.25) is 14.8 Å². The van der Waals surface area contributed by atoms with Gasteiger partial charge in [0.15, 0.2) is 5.82 Å². The van der Waals surface area contributed by atoms with Crippen molar-refractivity contribution < 1.29 is 0 Å². The van der Waals surface area contributed by atoms with Crippen molar-refractivity contribution in [3.05, 3.63) is 75.0 Å². The van der Waals surface area contributed by atoms with Crippen LogP contribution in [-0.4, -0.2) is 36.2 Å². The summed E-state index contributed by atoms with van der Waals surface area (Å²) < 4.78 is 2.31. The van der Waals surface area contributed by atoms with Crippen molar-refractivity contribution in [1.82, 2.24) is 29.6 Å². The molecule has 0 atom stereocenters. The number of nitrogens with one attached hydrogen (secondary N) is 2. The van der Waals surface area contributed by atoms with Crippen molar-refractivity contribution in [1.29, 1.82) is 0 Å². The molecule has 0 radical (unpaired) electrons. The molecule has 4 rings (SSSR count). The molecule has 0 amide bonds. The molecule has 0 saturated carbocycles. The van der Waals surface area contributed by atoms with Crippen LogP contribution in [0.3, 0.4) is 0 Å². The van der Waals surface area contributed by atoms with Crippen molar-refractivity contribution >= 4 is 23.1 Å². The summed E-state index contributed by atoms with van der Waals surface area (Å²) in [5.41, 5.74) is 2.76. The van der Waals surface area contributed by atoms with E-state index in [2.05, 4.69) is 38.8 Å². The first-order valence-electron chi connectivity index (χ1n) is 9.47. The zero-order valence-electron chi connectivity index (χ0n) is 16.3. The van der Waals surface area contributed by atoms with E-state index in [0.29, 0.717) is 34.7 Å². The Bertz CT molecular complexity index is 1250. The average molecular weight is 407 g/mol. The number of hydrogen-bond donors (Lipinski definition) is 2. The van der Waals surface area contributed by atoms with E-state index in [1.54, 1.807) is 6.07 Å². The number of H-pyrrole nitrogens is 2. The minimum absolute atomic E-state index is 0.124. The molecule has 0 aliphatic carbocycles. The summed E-state index contributed by atoms with van der Waals surface area (Å²) in [6.07, 6.45) is 0. The lowest BCUT2D eigenvalue weighted by atomic mass is 10.1. The summed E-state index contributed by atoms with van der Waals surface area (Å²) in [4.78, 5) is 26.4. The third kappa shape index (κ3) is 4.18. The number of para-hydroxylation sites is 1. The lowest BCUT2D eigenvalue weighted by Crippen LogP contribution is -2.28. The Morgan fingerprint density at radius 3 is 2.62 bits per heavy atom. The van der Waals surface area contributed by atoms with E-state index >= 15 is 0 Å². The first kappa shape index (κ1) is 19.2. The molecule has 7 nitrogen and oxygen atoms in total. The highest BCUT2D eigenvalue weighted by molar-refractivity contribution is 7.71.